The molecule has 0 aliphatic rings. The number of furan rings is 1. The first-order valence-electron chi connectivity index (χ1n) is 6.79. The Morgan fingerprint density at radius 1 is 1.41 bits per heavy atom. The third-order valence-electron chi connectivity index (χ3n) is 3.00. The highest BCUT2D eigenvalue weighted by molar-refractivity contribution is 7.99. The molecule has 2 aromatic rings. The van der Waals surface area contributed by atoms with Gasteiger partial charge in [0.15, 0.2) is 0 Å². The molecule has 0 aromatic carbocycles. The van der Waals surface area contributed by atoms with Crippen LogP contribution in [0.4, 0.5) is 8.78 Å². The fraction of sp³-hybridized carbons (Fsp3) is 0.333. The number of amides is 1. The largest absolute Gasteiger partial charge is 0.469 e. The SMILES string of the molecule is CC(CCc1ccco1)NC(=O)c1cccnc1SC(F)F. The molecular weight excluding hydrogens is 310 g/mol. The van der Waals surface area contributed by atoms with Crippen molar-refractivity contribution < 1.29 is 18.0 Å². The third kappa shape index (κ3) is 4.84. The minimum atomic E-state index is -2.61. The van der Waals surface area contributed by atoms with Crippen LogP contribution in [0.1, 0.15) is 29.5 Å². The quantitative estimate of drug-likeness (QED) is 0.788. The number of nitrogens with one attached hydrogen (secondary N) is 1. The zero-order valence-corrected chi connectivity index (χ0v) is 12.8. The summed E-state index contributed by atoms with van der Waals surface area (Å²) in [6.45, 7) is 1.86. The summed E-state index contributed by atoms with van der Waals surface area (Å²) in [5, 5.41) is 2.83. The summed E-state index contributed by atoms with van der Waals surface area (Å²) < 4.78 is 30.2. The molecule has 0 aliphatic heterocycles. The average Bonchev–Trinajstić information content (AvgIpc) is 2.98. The number of thioether (sulfide) groups is 1. The van der Waals surface area contributed by atoms with Crippen LogP contribution in [0.3, 0.4) is 0 Å². The maximum absolute atomic E-state index is 12.5. The average molecular weight is 326 g/mol. The second kappa shape index (κ2) is 7.93. The van der Waals surface area contributed by atoms with Gasteiger partial charge in [0.05, 0.1) is 11.8 Å². The summed E-state index contributed by atoms with van der Waals surface area (Å²) in [6, 6.07) is 6.61. The molecule has 0 spiro atoms. The molecule has 0 bridgehead atoms. The van der Waals surface area contributed by atoms with E-state index in [4.69, 9.17) is 4.42 Å². The van der Waals surface area contributed by atoms with E-state index in [1.165, 1.54) is 12.3 Å². The van der Waals surface area contributed by atoms with Crippen molar-refractivity contribution in [2.24, 2.45) is 0 Å². The van der Waals surface area contributed by atoms with Crippen molar-refractivity contribution in [2.45, 2.75) is 36.6 Å². The highest BCUT2D eigenvalue weighted by atomic mass is 32.2. The number of hydrogen-bond donors (Lipinski definition) is 1. The number of nitrogens with zero attached hydrogens (tertiary/aromatic N) is 1. The Labute approximate surface area is 131 Å². The van der Waals surface area contributed by atoms with Crippen molar-refractivity contribution in [1.29, 1.82) is 0 Å². The van der Waals surface area contributed by atoms with E-state index in [0.29, 0.717) is 12.8 Å². The fourth-order valence-electron chi connectivity index (χ4n) is 1.93. The monoisotopic (exact) mass is 326 g/mol. The van der Waals surface area contributed by atoms with E-state index >= 15 is 0 Å². The predicted octanol–water partition coefficient (Wildman–Crippen LogP) is 3.74. The lowest BCUT2D eigenvalue weighted by Crippen LogP contribution is -2.33. The second-order valence-corrected chi connectivity index (χ2v) is 5.71. The summed E-state index contributed by atoms with van der Waals surface area (Å²) in [5.41, 5.74) is 0.164. The van der Waals surface area contributed by atoms with Crippen LogP contribution in [0.25, 0.3) is 0 Å². The zero-order chi connectivity index (χ0) is 15.9. The number of aryl methyl sites for hydroxylation is 1. The Bertz CT molecular complexity index is 605. The summed E-state index contributed by atoms with van der Waals surface area (Å²) >= 11 is 0.272. The molecule has 2 heterocycles. The van der Waals surface area contributed by atoms with Gasteiger partial charge in [0.2, 0.25) is 0 Å². The highest BCUT2D eigenvalue weighted by Crippen LogP contribution is 2.26. The first-order valence-corrected chi connectivity index (χ1v) is 7.67. The van der Waals surface area contributed by atoms with Crippen molar-refractivity contribution >= 4 is 17.7 Å². The molecular formula is C15H16F2N2O2S. The van der Waals surface area contributed by atoms with Crippen LogP contribution in [-0.2, 0) is 6.42 Å². The summed E-state index contributed by atoms with van der Waals surface area (Å²) in [4.78, 5) is 16.0. The smallest absolute Gasteiger partial charge is 0.290 e. The first-order chi connectivity index (χ1) is 10.6. The molecule has 22 heavy (non-hydrogen) atoms. The van der Waals surface area contributed by atoms with Gasteiger partial charge in [-0.1, -0.05) is 0 Å². The molecule has 0 saturated carbocycles. The fourth-order valence-corrected chi connectivity index (χ4v) is 2.51. The Morgan fingerprint density at radius 3 is 2.91 bits per heavy atom. The van der Waals surface area contributed by atoms with Crippen LogP contribution < -0.4 is 5.32 Å². The summed E-state index contributed by atoms with van der Waals surface area (Å²) in [5.74, 6) is -2.17. The topological polar surface area (TPSA) is 55.1 Å². The number of pyridine rings is 1. The normalized spacial score (nSPS) is 12.4. The van der Waals surface area contributed by atoms with Gasteiger partial charge in [-0.25, -0.2) is 4.98 Å². The highest BCUT2D eigenvalue weighted by Gasteiger charge is 2.18. The van der Waals surface area contributed by atoms with Gasteiger partial charge < -0.3 is 9.73 Å². The lowest BCUT2D eigenvalue weighted by molar-refractivity contribution is 0.0934. The van der Waals surface area contributed by atoms with Crippen molar-refractivity contribution in [3.8, 4) is 0 Å². The van der Waals surface area contributed by atoms with E-state index in [-0.39, 0.29) is 28.4 Å². The van der Waals surface area contributed by atoms with Crippen LogP contribution in [0.2, 0.25) is 0 Å². The molecule has 0 aliphatic carbocycles. The van der Waals surface area contributed by atoms with Gasteiger partial charge in [-0.3, -0.25) is 4.79 Å². The van der Waals surface area contributed by atoms with Crippen LogP contribution in [-0.4, -0.2) is 22.7 Å². The summed E-state index contributed by atoms with van der Waals surface area (Å²) in [6.07, 6.45) is 4.38. The van der Waals surface area contributed by atoms with E-state index in [9.17, 15) is 13.6 Å². The van der Waals surface area contributed by atoms with Crippen molar-refractivity contribution in [3.63, 3.8) is 0 Å². The van der Waals surface area contributed by atoms with Gasteiger partial charge >= 0.3 is 0 Å². The van der Waals surface area contributed by atoms with Crippen molar-refractivity contribution in [2.75, 3.05) is 0 Å². The molecule has 0 saturated heterocycles. The third-order valence-corrected chi connectivity index (χ3v) is 3.72. The second-order valence-electron chi connectivity index (χ2n) is 4.73. The van der Waals surface area contributed by atoms with Gasteiger partial charge in [0.25, 0.3) is 11.7 Å². The molecule has 1 N–H and O–H groups in total. The minimum Gasteiger partial charge on any atom is -0.469 e. The molecule has 118 valence electrons. The minimum absolute atomic E-state index is 0.0354. The molecule has 1 amide bonds. The molecule has 7 heteroatoms. The Hall–Kier alpha value is -1.89. The maximum atomic E-state index is 12.5. The van der Waals surface area contributed by atoms with Crippen LogP contribution in [0.5, 0.6) is 0 Å². The number of halogens is 2. The van der Waals surface area contributed by atoms with E-state index in [1.807, 2.05) is 19.1 Å². The van der Waals surface area contributed by atoms with E-state index in [2.05, 4.69) is 10.3 Å². The molecule has 0 radical (unpaired) electrons. The molecule has 1 unspecified atom stereocenters. The first kappa shape index (κ1) is 16.5. The summed E-state index contributed by atoms with van der Waals surface area (Å²) in [7, 11) is 0. The zero-order valence-electron chi connectivity index (χ0n) is 12.0. The lowest BCUT2D eigenvalue weighted by atomic mass is 10.1. The standard InChI is InChI=1S/C15H16F2N2O2S/c1-10(6-7-11-4-3-9-21-11)19-13(20)12-5-2-8-18-14(12)22-15(16)17/h2-5,8-10,15H,6-7H2,1H3,(H,19,20). The van der Waals surface area contributed by atoms with Crippen LogP contribution >= 0.6 is 11.8 Å². The van der Waals surface area contributed by atoms with Gasteiger partial charge in [0.1, 0.15) is 10.8 Å². The number of hydrogen-bond acceptors (Lipinski definition) is 4. The van der Waals surface area contributed by atoms with E-state index in [1.54, 1.807) is 12.3 Å². The van der Waals surface area contributed by atoms with Crippen LogP contribution in [0, 0.1) is 0 Å². The van der Waals surface area contributed by atoms with Gasteiger partial charge in [-0.15, -0.1) is 0 Å². The van der Waals surface area contributed by atoms with Crippen LogP contribution in [0.15, 0.2) is 46.2 Å². The van der Waals surface area contributed by atoms with Gasteiger partial charge in [0, 0.05) is 18.7 Å². The van der Waals surface area contributed by atoms with E-state index in [0.717, 1.165) is 5.76 Å². The Morgan fingerprint density at radius 2 is 2.23 bits per heavy atom. The number of carbonyl (C=O) groups excluding carboxylic acids is 1. The molecule has 4 nitrogen and oxygen atoms in total. The van der Waals surface area contributed by atoms with Gasteiger partial charge in [-0.05, 0) is 49.4 Å². The molecule has 2 aromatic heterocycles. The number of carbonyl (C=O) groups is 1. The number of rotatable bonds is 7. The Balaban J connectivity index is 1.93. The Kier molecular flexibility index (Phi) is 5.94. The van der Waals surface area contributed by atoms with Gasteiger partial charge in [-0.2, -0.15) is 8.78 Å². The predicted molar refractivity (Wildman–Crippen MR) is 80.1 cm³/mol. The van der Waals surface area contributed by atoms with Crippen molar-refractivity contribution in [3.05, 3.63) is 48.0 Å². The molecule has 0 fully saturated rings. The maximum Gasteiger partial charge on any atom is 0.290 e. The van der Waals surface area contributed by atoms with Crippen molar-refractivity contribution in [1.82, 2.24) is 10.3 Å². The number of aromatic nitrogens is 1. The molecule has 2 rings (SSSR count). The van der Waals surface area contributed by atoms with E-state index < -0.39 is 11.7 Å². The lowest BCUT2D eigenvalue weighted by Gasteiger charge is -2.14. The molecule has 1 atom stereocenters. The number of alkyl halides is 2.